The summed E-state index contributed by atoms with van der Waals surface area (Å²) in [4.78, 5) is 0. The van der Waals surface area contributed by atoms with E-state index in [4.69, 9.17) is 4.74 Å². The van der Waals surface area contributed by atoms with Crippen LogP contribution in [0.2, 0.25) is 0 Å². The maximum atomic E-state index is 5.22. The zero-order valence-electron chi connectivity index (χ0n) is 12.4. The Morgan fingerprint density at radius 3 is 1.94 bits per heavy atom. The number of fused-ring (bicyclic) bond motifs is 1. The highest BCUT2D eigenvalue weighted by atomic mass is 16.5. The van der Waals surface area contributed by atoms with E-state index in [1.807, 2.05) is 19.9 Å². The predicted molar refractivity (Wildman–Crippen MR) is 80.5 cm³/mol. The zero-order valence-corrected chi connectivity index (χ0v) is 12.4. The van der Waals surface area contributed by atoms with Crippen molar-refractivity contribution in [2.24, 2.45) is 0 Å². The lowest BCUT2D eigenvalue weighted by Gasteiger charge is -2.19. The van der Waals surface area contributed by atoms with E-state index < -0.39 is 0 Å². The van der Waals surface area contributed by atoms with E-state index >= 15 is 0 Å². The Balaban J connectivity index is 0.000000771. The first kappa shape index (κ1) is 14.6. The van der Waals surface area contributed by atoms with Crippen molar-refractivity contribution in [2.75, 3.05) is 7.11 Å². The number of ether oxygens (including phenoxy) is 1. The van der Waals surface area contributed by atoms with E-state index in [2.05, 4.69) is 51.1 Å². The Hall–Kier alpha value is -1.50. The first-order valence-electron chi connectivity index (χ1n) is 6.59. The summed E-state index contributed by atoms with van der Waals surface area (Å²) >= 11 is 0. The molecule has 2 aromatic carbocycles. The largest absolute Gasteiger partial charge is 0.497 e. The monoisotopic (exact) mass is 244 g/mol. The smallest absolute Gasteiger partial charge is 0.119 e. The maximum Gasteiger partial charge on any atom is 0.119 e. The molecule has 0 unspecified atom stereocenters. The van der Waals surface area contributed by atoms with Gasteiger partial charge in [0.25, 0.3) is 0 Å². The van der Waals surface area contributed by atoms with Crippen LogP contribution in [-0.2, 0) is 5.41 Å². The lowest BCUT2D eigenvalue weighted by atomic mass is 9.86. The van der Waals surface area contributed by atoms with Gasteiger partial charge in [0.2, 0.25) is 0 Å². The van der Waals surface area contributed by atoms with Crippen molar-refractivity contribution in [3.8, 4) is 5.75 Å². The van der Waals surface area contributed by atoms with Crippen molar-refractivity contribution in [3.63, 3.8) is 0 Å². The molecule has 0 radical (unpaired) electrons. The Labute approximate surface area is 111 Å². The molecular formula is C17H24O. The van der Waals surface area contributed by atoms with Gasteiger partial charge in [-0.3, -0.25) is 0 Å². The van der Waals surface area contributed by atoms with Gasteiger partial charge in [0.15, 0.2) is 0 Å². The topological polar surface area (TPSA) is 9.23 Å². The summed E-state index contributed by atoms with van der Waals surface area (Å²) < 4.78 is 5.22. The fourth-order valence-electron chi connectivity index (χ4n) is 1.82. The van der Waals surface area contributed by atoms with Gasteiger partial charge in [-0.1, -0.05) is 58.9 Å². The van der Waals surface area contributed by atoms with Crippen molar-refractivity contribution >= 4 is 10.8 Å². The third kappa shape index (κ3) is 3.25. The number of methoxy groups -OCH3 is 1. The standard InChI is InChI=1S/C15H18O.C2H6/c1-15(2,3)13-7-5-12-10-14(16-4)8-6-11(12)9-13;1-2/h5-10H,1-4H3;1-2H3. The summed E-state index contributed by atoms with van der Waals surface area (Å²) in [6.07, 6.45) is 0. The molecule has 0 spiro atoms. The van der Waals surface area contributed by atoms with E-state index in [1.165, 1.54) is 16.3 Å². The van der Waals surface area contributed by atoms with Crippen molar-refractivity contribution in [3.05, 3.63) is 42.0 Å². The number of benzene rings is 2. The van der Waals surface area contributed by atoms with Crippen molar-refractivity contribution in [1.82, 2.24) is 0 Å². The van der Waals surface area contributed by atoms with Gasteiger partial charge in [-0.05, 0) is 33.9 Å². The van der Waals surface area contributed by atoms with Crippen LogP contribution < -0.4 is 4.74 Å². The average molecular weight is 244 g/mol. The van der Waals surface area contributed by atoms with E-state index in [9.17, 15) is 0 Å². The minimum absolute atomic E-state index is 0.202. The molecule has 0 aliphatic heterocycles. The van der Waals surface area contributed by atoms with Crippen LogP contribution in [0.3, 0.4) is 0 Å². The van der Waals surface area contributed by atoms with Crippen LogP contribution in [0.25, 0.3) is 10.8 Å². The van der Waals surface area contributed by atoms with E-state index in [0.717, 1.165) is 5.75 Å². The highest BCUT2D eigenvalue weighted by Crippen LogP contribution is 2.27. The fraction of sp³-hybridized carbons (Fsp3) is 0.412. The fourth-order valence-corrected chi connectivity index (χ4v) is 1.82. The Morgan fingerprint density at radius 2 is 1.39 bits per heavy atom. The average Bonchev–Trinajstić information content (AvgIpc) is 2.38. The second-order valence-electron chi connectivity index (χ2n) is 5.18. The van der Waals surface area contributed by atoms with Gasteiger partial charge < -0.3 is 4.74 Å². The van der Waals surface area contributed by atoms with Gasteiger partial charge in [0, 0.05) is 0 Å². The molecule has 0 N–H and O–H groups in total. The summed E-state index contributed by atoms with van der Waals surface area (Å²) in [6, 6.07) is 12.8. The Morgan fingerprint density at radius 1 is 0.833 bits per heavy atom. The van der Waals surface area contributed by atoms with Crippen LogP contribution in [-0.4, -0.2) is 7.11 Å². The van der Waals surface area contributed by atoms with Crippen molar-refractivity contribution in [2.45, 2.75) is 40.0 Å². The number of rotatable bonds is 1. The van der Waals surface area contributed by atoms with Crippen LogP contribution >= 0.6 is 0 Å². The molecule has 2 rings (SSSR count). The second kappa shape index (κ2) is 5.90. The van der Waals surface area contributed by atoms with Gasteiger partial charge in [-0.15, -0.1) is 0 Å². The summed E-state index contributed by atoms with van der Waals surface area (Å²) in [7, 11) is 1.70. The molecule has 18 heavy (non-hydrogen) atoms. The maximum absolute atomic E-state index is 5.22. The molecule has 1 nitrogen and oxygen atoms in total. The third-order valence-electron chi connectivity index (χ3n) is 2.91. The molecule has 0 aliphatic carbocycles. The van der Waals surface area contributed by atoms with Gasteiger partial charge >= 0.3 is 0 Å². The lowest BCUT2D eigenvalue weighted by molar-refractivity contribution is 0.415. The van der Waals surface area contributed by atoms with Crippen LogP contribution in [0.5, 0.6) is 5.75 Å². The number of hydrogen-bond acceptors (Lipinski definition) is 1. The molecule has 0 saturated heterocycles. The Bertz CT molecular complexity index is 506. The molecule has 2 aromatic rings. The predicted octanol–water partition coefficient (Wildman–Crippen LogP) is 5.17. The van der Waals surface area contributed by atoms with E-state index in [0.29, 0.717) is 0 Å². The second-order valence-corrected chi connectivity index (χ2v) is 5.18. The summed E-state index contributed by atoms with van der Waals surface area (Å²) in [5.74, 6) is 0.913. The summed E-state index contributed by atoms with van der Waals surface area (Å²) in [5.41, 5.74) is 1.57. The molecule has 0 aromatic heterocycles. The molecule has 0 bridgehead atoms. The molecule has 0 saturated carbocycles. The minimum Gasteiger partial charge on any atom is -0.497 e. The summed E-state index contributed by atoms with van der Waals surface area (Å²) in [6.45, 7) is 10.7. The quantitative estimate of drug-likeness (QED) is 0.672. The SMILES string of the molecule is CC.COc1ccc2cc(C(C)(C)C)ccc2c1. The van der Waals surface area contributed by atoms with Crippen LogP contribution in [0.4, 0.5) is 0 Å². The Kier molecular flexibility index (Phi) is 4.77. The van der Waals surface area contributed by atoms with Crippen LogP contribution in [0, 0.1) is 0 Å². The molecule has 0 atom stereocenters. The van der Waals surface area contributed by atoms with E-state index in [-0.39, 0.29) is 5.41 Å². The molecule has 0 fully saturated rings. The first-order valence-corrected chi connectivity index (χ1v) is 6.59. The van der Waals surface area contributed by atoms with Gasteiger partial charge in [-0.2, -0.15) is 0 Å². The molecule has 0 amide bonds. The van der Waals surface area contributed by atoms with Gasteiger partial charge in [0.05, 0.1) is 7.11 Å². The van der Waals surface area contributed by atoms with Gasteiger partial charge in [0.1, 0.15) is 5.75 Å². The molecule has 1 heteroatoms. The molecule has 98 valence electrons. The van der Waals surface area contributed by atoms with E-state index in [1.54, 1.807) is 7.11 Å². The molecule has 0 heterocycles. The van der Waals surface area contributed by atoms with Gasteiger partial charge in [-0.25, -0.2) is 0 Å². The van der Waals surface area contributed by atoms with Crippen molar-refractivity contribution in [1.29, 1.82) is 0 Å². The minimum atomic E-state index is 0.202. The zero-order chi connectivity index (χ0) is 13.8. The normalized spacial score (nSPS) is 10.8. The molecule has 0 aliphatic rings. The highest BCUT2D eigenvalue weighted by Gasteiger charge is 2.13. The van der Waals surface area contributed by atoms with Crippen LogP contribution in [0.15, 0.2) is 36.4 Å². The summed E-state index contributed by atoms with van der Waals surface area (Å²) in [5, 5.41) is 2.50. The highest BCUT2D eigenvalue weighted by molar-refractivity contribution is 5.84. The lowest BCUT2D eigenvalue weighted by Crippen LogP contribution is -2.10. The third-order valence-corrected chi connectivity index (χ3v) is 2.91. The molecular weight excluding hydrogens is 220 g/mol. The van der Waals surface area contributed by atoms with Crippen LogP contribution in [0.1, 0.15) is 40.2 Å². The van der Waals surface area contributed by atoms with Crippen molar-refractivity contribution < 1.29 is 4.74 Å². The first-order chi connectivity index (χ1) is 8.50. The number of hydrogen-bond donors (Lipinski definition) is 0.